The fraction of sp³-hybridized carbons (Fsp3) is 0.393. The van der Waals surface area contributed by atoms with Crippen LogP contribution in [0.25, 0.3) is 10.8 Å². The highest BCUT2D eigenvalue weighted by atomic mass is 19.1. The van der Waals surface area contributed by atoms with Gasteiger partial charge in [-0.1, -0.05) is 24.3 Å². The van der Waals surface area contributed by atoms with Gasteiger partial charge < -0.3 is 25.1 Å². The summed E-state index contributed by atoms with van der Waals surface area (Å²) in [6.45, 7) is 1.77. The molecule has 198 valence electrons. The van der Waals surface area contributed by atoms with Gasteiger partial charge in [0.15, 0.2) is 0 Å². The van der Waals surface area contributed by atoms with Crippen LogP contribution in [0.3, 0.4) is 0 Å². The highest BCUT2D eigenvalue weighted by Crippen LogP contribution is 2.48. The number of nitrogens with zero attached hydrogens (tertiary/aromatic N) is 3. The minimum atomic E-state index is -2.70. The van der Waals surface area contributed by atoms with Crippen LogP contribution in [0.5, 0.6) is 0 Å². The summed E-state index contributed by atoms with van der Waals surface area (Å²) < 4.78 is 14.9. The summed E-state index contributed by atoms with van der Waals surface area (Å²) in [6.07, 6.45) is 4.64. The molecule has 10 heteroatoms. The van der Waals surface area contributed by atoms with E-state index in [9.17, 15) is 29.3 Å². The molecule has 6 rings (SSSR count). The molecule has 2 aromatic carbocycles. The zero-order valence-electron chi connectivity index (χ0n) is 20.8. The molecular weight excluding hydrogens is 491 g/mol. The first-order chi connectivity index (χ1) is 18.2. The number of carbonyl (C=O) groups is 1. The molecule has 0 spiro atoms. The van der Waals surface area contributed by atoms with Crippen molar-refractivity contribution in [3.63, 3.8) is 0 Å². The fourth-order valence-electron chi connectivity index (χ4n) is 5.52. The molecule has 0 atom stereocenters. The van der Waals surface area contributed by atoms with Gasteiger partial charge in [-0.3, -0.25) is 9.59 Å². The van der Waals surface area contributed by atoms with Crippen LogP contribution >= 0.6 is 0 Å². The lowest BCUT2D eigenvalue weighted by Gasteiger charge is -2.41. The van der Waals surface area contributed by atoms with Crippen molar-refractivity contribution in [1.82, 2.24) is 20.0 Å². The van der Waals surface area contributed by atoms with Crippen molar-refractivity contribution in [1.29, 1.82) is 0 Å². The Bertz CT molecular complexity index is 1510. The summed E-state index contributed by atoms with van der Waals surface area (Å²) in [5.41, 5.74) is 0.423. The second-order valence-electron chi connectivity index (χ2n) is 10.4. The second-order valence-corrected chi connectivity index (χ2v) is 10.4. The Kier molecular flexibility index (Phi) is 5.86. The number of aromatic amines is 1. The van der Waals surface area contributed by atoms with Crippen molar-refractivity contribution < 1.29 is 24.5 Å². The van der Waals surface area contributed by atoms with E-state index in [1.165, 1.54) is 23.8 Å². The number of rotatable bonds is 5. The van der Waals surface area contributed by atoms with Gasteiger partial charge in [0.25, 0.3) is 11.5 Å². The molecule has 1 saturated heterocycles. The summed E-state index contributed by atoms with van der Waals surface area (Å²) in [7, 11) is 0. The van der Waals surface area contributed by atoms with E-state index in [2.05, 4.69) is 15.1 Å². The van der Waals surface area contributed by atoms with Crippen LogP contribution in [0.1, 0.15) is 53.7 Å². The van der Waals surface area contributed by atoms with Crippen molar-refractivity contribution >= 4 is 16.7 Å². The van der Waals surface area contributed by atoms with Crippen LogP contribution in [0, 0.1) is 5.82 Å². The van der Waals surface area contributed by atoms with E-state index in [1.807, 2.05) is 0 Å². The van der Waals surface area contributed by atoms with Gasteiger partial charge in [0, 0.05) is 42.8 Å². The zero-order chi connectivity index (χ0) is 26.7. The van der Waals surface area contributed by atoms with Crippen molar-refractivity contribution in [3.8, 4) is 0 Å². The van der Waals surface area contributed by atoms with E-state index in [0.717, 1.165) is 49.9 Å². The maximum Gasteiger partial charge on any atom is 0.272 e. The molecule has 9 nitrogen and oxygen atoms in total. The number of aliphatic hydroxyl groups is 3. The topological polar surface area (TPSA) is 130 Å². The molecule has 1 aromatic heterocycles. The molecule has 4 N–H and O–H groups in total. The third kappa shape index (κ3) is 4.09. The minimum Gasteiger partial charge on any atom is -0.384 e. The number of piperazine rings is 1. The normalized spacial score (nSPS) is 18.9. The number of carbonyl (C=O) groups excluding carboxylic acids is 1. The number of halogens is 1. The standard InChI is InChI=1S/C28H29FN4O5/c29-22-9-8-18(28(37,38)23-19-6-1-2-7-20(19)25(34)31-30-23)16-21(22)26(35)33-14-12-32(13-15-33)24(17-4-3-5-17)27(36)10-11-27/h1-2,6-9,16,36-38H,3-5,10-15H2,(H,31,34). The fourth-order valence-corrected chi connectivity index (χ4v) is 5.52. The largest absolute Gasteiger partial charge is 0.384 e. The minimum absolute atomic E-state index is 0.154. The van der Waals surface area contributed by atoms with E-state index >= 15 is 0 Å². The Labute approximate surface area is 217 Å². The number of benzene rings is 2. The Morgan fingerprint density at radius 1 is 1.00 bits per heavy atom. The third-order valence-corrected chi connectivity index (χ3v) is 7.97. The number of nitrogens with one attached hydrogen (secondary N) is 1. The summed E-state index contributed by atoms with van der Waals surface area (Å²) in [6, 6.07) is 9.67. The van der Waals surface area contributed by atoms with Crippen molar-refractivity contribution in [3.05, 3.63) is 86.7 Å². The molecule has 0 radical (unpaired) electrons. The first-order valence-corrected chi connectivity index (χ1v) is 12.9. The van der Waals surface area contributed by atoms with Gasteiger partial charge in [-0.2, -0.15) is 5.10 Å². The lowest BCUT2D eigenvalue weighted by atomic mass is 9.87. The van der Waals surface area contributed by atoms with E-state index in [0.29, 0.717) is 26.2 Å². The molecule has 3 fully saturated rings. The van der Waals surface area contributed by atoms with Gasteiger partial charge in [-0.25, -0.2) is 9.49 Å². The van der Waals surface area contributed by atoms with Gasteiger partial charge >= 0.3 is 0 Å². The van der Waals surface area contributed by atoms with Crippen LogP contribution in [-0.2, 0) is 5.79 Å². The maximum absolute atomic E-state index is 14.9. The Hall–Kier alpha value is -3.60. The number of hydrogen-bond donors (Lipinski definition) is 4. The first kappa shape index (κ1) is 24.7. The second kappa shape index (κ2) is 9.00. The summed E-state index contributed by atoms with van der Waals surface area (Å²) in [5, 5.41) is 39.6. The lowest BCUT2D eigenvalue weighted by Crippen LogP contribution is -2.50. The lowest BCUT2D eigenvalue weighted by molar-refractivity contribution is -0.134. The highest BCUT2D eigenvalue weighted by Gasteiger charge is 2.48. The number of aromatic nitrogens is 2. The van der Waals surface area contributed by atoms with Crippen LogP contribution < -0.4 is 5.56 Å². The molecule has 3 aromatic rings. The molecule has 0 bridgehead atoms. The van der Waals surface area contributed by atoms with Crippen LogP contribution in [0.15, 0.2) is 58.5 Å². The molecule has 3 aliphatic rings. The number of H-pyrrole nitrogens is 1. The van der Waals surface area contributed by atoms with Gasteiger partial charge in [0.05, 0.1) is 10.9 Å². The molecule has 1 aliphatic heterocycles. The molecule has 2 heterocycles. The Balaban J connectivity index is 1.25. The molecule has 38 heavy (non-hydrogen) atoms. The van der Waals surface area contributed by atoms with Gasteiger partial charge in [-0.15, -0.1) is 0 Å². The Morgan fingerprint density at radius 3 is 2.29 bits per heavy atom. The van der Waals surface area contributed by atoms with Crippen molar-refractivity contribution in [2.24, 2.45) is 0 Å². The molecular formula is C28H29FN4O5. The van der Waals surface area contributed by atoms with E-state index in [-0.39, 0.29) is 27.6 Å². The maximum atomic E-state index is 14.9. The number of allylic oxidation sites excluding steroid dienone is 1. The monoisotopic (exact) mass is 520 g/mol. The van der Waals surface area contributed by atoms with Crippen molar-refractivity contribution in [2.45, 2.75) is 43.5 Å². The molecule has 1 amide bonds. The number of hydrogen-bond acceptors (Lipinski definition) is 7. The van der Waals surface area contributed by atoms with E-state index in [1.54, 1.807) is 17.0 Å². The molecule has 2 saturated carbocycles. The van der Waals surface area contributed by atoms with Gasteiger partial charge in [0.2, 0.25) is 5.79 Å². The van der Waals surface area contributed by atoms with E-state index in [4.69, 9.17) is 0 Å². The summed E-state index contributed by atoms with van der Waals surface area (Å²) in [5.74, 6) is -4.03. The third-order valence-electron chi connectivity index (χ3n) is 7.97. The average molecular weight is 521 g/mol. The number of amides is 1. The predicted molar refractivity (Wildman–Crippen MR) is 137 cm³/mol. The Morgan fingerprint density at radius 2 is 1.66 bits per heavy atom. The average Bonchev–Trinajstić information content (AvgIpc) is 3.64. The highest BCUT2D eigenvalue weighted by molar-refractivity contribution is 5.95. The SMILES string of the molecule is O=C(c1cc(C(O)(O)c2n[nH]c(=O)c3ccccc23)ccc1F)N1CCN(C(=C2CCC2)C2(O)CC2)CC1. The van der Waals surface area contributed by atoms with Gasteiger partial charge in [-0.05, 0) is 55.9 Å². The summed E-state index contributed by atoms with van der Waals surface area (Å²) in [4.78, 5) is 29.2. The van der Waals surface area contributed by atoms with Gasteiger partial charge in [0.1, 0.15) is 17.1 Å². The van der Waals surface area contributed by atoms with E-state index < -0.39 is 28.7 Å². The van der Waals surface area contributed by atoms with Crippen molar-refractivity contribution in [2.75, 3.05) is 26.2 Å². The smallest absolute Gasteiger partial charge is 0.272 e. The number of fused-ring (bicyclic) bond motifs is 1. The summed E-state index contributed by atoms with van der Waals surface area (Å²) >= 11 is 0. The van der Waals surface area contributed by atoms with Crippen LogP contribution in [-0.4, -0.2) is 73.0 Å². The van der Waals surface area contributed by atoms with Crippen LogP contribution in [0.4, 0.5) is 4.39 Å². The molecule has 0 unspecified atom stereocenters. The van der Waals surface area contributed by atoms with Crippen LogP contribution in [0.2, 0.25) is 0 Å². The zero-order valence-corrected chi connectivity index (χ0v) is 20.8. The first-order valence-electron chi connectivity index (χ1n) is 12.9. The molecule has 2 aliphatic carbocycles. The predicted octanol–water partition coefficient (Wildman–Crippen LogP) is 1.97. The quantitative estimate of drug-likeness (QED) is 0.379.